The Morgan fingerprint density at radius 1 is 1.16 bits per heavy atom. The maximum atomic E-state index is 11.0. The van der Waals surface area contributed by atoms with Gasteiger partial charge >= 0.3 is 5.97 Å². The van der Waals surface area contributed by atoms with E-state index >= 15 is 0 Å². The van der Waals surface area contributed by atoms with Gasteiger partial charge in [0.15, 0.2) is 0 Å². The molecule has 0 saturated carbocycles. The summed E-state index contributed by atoms with van der Waals surface area (Å²) in [6.45, 7) is 14.8. The van der Waals surface area contributed by atoms with E-state index in [0.29, 0.717) is 5.56 Å². The molecule has 0 aliphatic heterocycles. The van der Waals surface area contributed by atoms with E-state index in [4.69, 9.17) is 9.53 Å². The zero-order valence-electron chi connectivity index (χ0n) is 12.9. The first kappa shape index (κ1) is 15.8. The van der Waals surface area contributed by atoms with Crippen LogP contribution in [-0.4, -0.2) is 19.4 Å². The molecule has 1 N–H and O–H groups in total. The normalized spacial score (nSPS) is 12.4. The number of rotatable bonds is 3. The summed E-state index contributed by atoms with van der Waals surface area (Å²) in [5.74, 6) is -0.0540. The summed E-state index contributed by atoms with van der Waals surface area (Å²) in [6, 6.07) is 3.36. The smallest absolute Gasteiger partial charge is 0.335 e. The first-order chi connectivity index (χ1) is 8.45. The van der Waals surface area contributed by atoms with Crippen molar-refractivity contribution in [1.29, 1.82) is 0 Å². The van der Waals surface area contributed by atoms with Gasteiger partial charge in [-0.05, 0) is 55.2 Å². The lowest BCUT2D eigenvalue weighted by Crippen LogP contribution is -2.44. The molecule has 0 aliphatic carbocycles. The Labute approximate surface area is 116 Å². The third-order valence-corrected chi connectivity index (χ3v) is 8.20. The van der Waals surface area contributed by atoms with Crippen molar-refractivity contribution in [3.8, 4) is 5.75 Å². The number of carbonyl (C=O) groups is 1. The molecule has 1 aromatic carbocycles. The molecule has 1 rings (SSSR count). The number of aromatic carboxylic acids is 1. The summed E-state index contributed by atoms with van der Waals surface area (Å²) in [5, 5.41) is 9.18. The Hall–Kier alpha value is -1.29. The molecule has 0 atom stereocenters. The lowest BCUT2D eigenvalue weighted by molar-refractivity contribution is 0.0696. The molecule has 0 saturated heterocycles. The van der Waals surface area contributed by atoms with E-state index in [9.17, 15) is 4.79 Å². The van der Waals surface area contributed by atoms with Crippen LogP contribution in [0.1, 0.15) is 42.3 Å². The number of hydrogen-bond donors (Lipinski definition) is 1. The number of carboxylic acid groups (broad SMARTS) is 1. The number of hydrogen-bond acceptors (Lipinski definition) is 2. The van der Waals surface area contributed by atoms with Crippen molar-refractivity contribution in [1.82, 2.24) is 0 Å². The molecule has 0 spiro atoms. The van der Waals surface area contributed by atoms with Crippen LogP contribution >= 0.6 is 0 Å². The fraction of sp³-hybridized carbons (Fsp3) is 0.533. The Morgan fingerprint density at radius 2 is 1.58 bits per heavy atom. The van der Waals surface area contributed by atoms with Crippen LogP contribution in [0.5, 0.6) is 5.75 Å². The molecule has 0 bridgehead atoms. The minimum atomic E-state index is -1.90. The number of aryl methyl sites for hydroxylation is 2. The summed E-state index contributed by atoms with van der Waals surface area (Å²) in [5.41, 5.74) is 2.10. The van der Waals surface area contributed by atoms with Crippen molar-refractivity contribution in [2.75, 3.05) is 0 Å². The molecular weight excluding hydrogens is 256 g/mol. The molecule has 0 aromatic heterocycles. The summed E-state index contributed by atoms with van der Waals surface area (Å²) in [6.07, 6.45) is 0. The Bertz CT molecular complexity index is 476. The molecule has 0 heterocycles. The lowest BCUT2D eigenvalue weighted by atomic mass is 10.1. The number of benzene rings is 1. The highest BCUT2D eigenvalue weighted by molar-refractivity contribution is 6.74. The zero-order chi connectivity index (χ0) is 15.0. The van der Waals surface area contributed by atoms with Crippen LogP contribution < -0.4 is 4.43 Å². The predicted molar refractivity (Wildman–Crippen MR) is 80.7 cm³/mol. The fourth-order valence-corrected chi connectivity index (χ4v) is 2.78. The van der Waals surface area contributed by atoms with E-state index in [2.05, 4.69) is 33.9 Å². The largest absolute Gasteiger partial charge is 0.543 e. The van der Waals surface area contributed by atoms with E-state index in [1.807, 2.05) is 13.8 Å². The quantitative estimate of drug-likeness (QED) is 0.835. The minimum Gasteiger partial charge on any atom is -0.543 e. The Kier molecular flexibility index (Phi) is 4.15. The maximum Gasteiger partial charge on any atom is 0.335 e. The van der Waals surface area contributed by atoms with Crippen LogP contribution in [0.2, 0.25) is 18.1 Å². The van der Waals surface area contributed by atoms with Gasteiger partial charge in [0.05, 0.1) is 5.56 Å². The second kappa shape index (κ2) is 5.00. The molecule has 0 fully saturated rings. The minimum absolute atomic E-state index is 0.122. The van der Waals surface area contributed by atoms with E-state index in [-0.39, 0.29) is 5.04 Å². The first-order valence-electron chi connectivity index (χ1n) is 6.49. The second-order valence-corrected chi connectivity index (χ2v) is 11.3. The highest BCUT2D eigenvalue weighted by Gasteiger charge is 2.39. The standard InChI is InChI=1S/C15H24O3Si/c1-10-8-12(14(16)17)9-11(2)13(10)18-19(6,7)15(3,4)5/h8-9H,1-7H3,(H,16,17). The highest BCUT2D eigenvalue weighted by atomic mass is 28.4. The summed E-state index contributed by atoms with van der Waals surface area (Å²) in [7, 11) is -1.90. The van der Waals surface area contributed by atoms with Crippen molar-refractivity contribution < 1.29 is 14.3 Å². The van der Waals surface area contributed by atoms with Gasteiger partial charge in [0.1, 0.15) is 5.75 Å². The maximum absolute atomic E-state index is 11.0. The molecule has 0 amide bonds. The third kappa shape index (κ3) is 3.38. The lowest BCUT2D eigenvalue weighted by Gasteiger charge is -2.37. The topological polar surface area (TPSA) is 46.5 Å². The van der Waals surface area contributed by atoms with Crippen molar-refractivity contribution in [2.24, 2.45) is 0 Å². The molecule has 0 radical (unpaired) electrons. The molecule has 1 aromatic rings. The van der Waals surface area contributed by atoms with Gasteiger partial charge in [-0.2, -0.15) is 0 Å². The van der Waals surface area contributed by atoms with Gasteiger partial charge in [-0.3, -0.25) is 0 Å². The average Bonchev–Trinajstić information content (AvgIpc) is 2.21. The van der Waals surface area contributed by atoms with Crippen molar-refractivity contribution in [3.63, 3.8) is 0 Å². The summed E-state index contributed by atoms with van der Waals surface area (Å²) < 4.78 is 6.31. The Balaban J connectivity index is 3.20. The third-order valence-electron chi connectivity index (χ3n) is 3.87. The summed E-state index contributed by atoms with van der Waals surface area (Å²) in [4.78, 5) is 11.0. The molecule has 106 valence electrons. The van der Waals surface area contributed by atoms with Gasteiger partial charge in [-0.15, -0.1) is 0 Å². The molecule has 0 aliphatic rings. The van der Waals surface area contributed by atoms with Gasteiger partial charge in [0.25, 0.3) is 8.32 Å². The van der Waals surface area contributed by atoms with Gasteiger partial charge in [0, 0.05) is 0 Å². The van der Waals surface area contributed by atoms with E-state index in [0.717, 1.165) is 16.9 Å². The van der Waals surface area contributed by atoms with Crippen LogP contribution in [-0.2, 0) is 0 Å². The highest BCUT2D eigenvalue weighted by Crippen LogP contribution is 2.39. The molecular formula is C15H24O3Si. The predicted octanol–water partition coefficient (Wildman–Crippen LogP) is 4.39. The van der Waals surface area contributed by atoms with Crippen molar-refractivity contribution in [3.05, 3.63) is 28.8 Å². The molecule has 0 unspecified atom stereocenters. The van der Waals surface area contributed by atoms with E-state index < -0.39 is 14.3 Å². The van der Waals surface area contributed by atoms with Gasteiger partial charge in [0.2, 0.25) is 0 Å². The van der Waals surface area contributed by atoms with Crippen LogP contribution in [0.25, 0.3) is 0 Å². The first-order valence-corrected chi connectivity index (χ1v) is 9.40. The SMILES string of the molecule is Cc1cc(C(=O)O)cc(C)c1O[Si](C)(C)C(C)(C)C. The van der Waals surface area contributed by atoms with Crippen molar-refractivity contribution >= 4 is 14.3 Å². The van der Waals surface area contributed by atoms with Crippen LogP contribution in [0.4, 0.5) is 0 Å². The molecule has 3 nitrogen and oxygen atoms in total. The fourth-order valence-electron chi connectivity index (χ4n) is 1.64. The van der Waals surface area contributed by atoms with E-state index in [1.54, 1.807) is 12.1 Å². The summed E-state index contributed by atoms with van der Waals surface area (Å²) >= 11 is 0. The molecule has 19 heavy (non-hydrogen) atoms. The van der Waals surface area contributed by atoms with Crippen LogP contribution in [0.15, 0.2) is 12.1 Å². The van der Waals surface area contributed by atoms with Gasteiger partial charge in [-0.25, -0.2) is 4.79 Å². The molecule has 4 heteroatoms. The van der Waals surface area contributed by atoms with Gasteiger partial charge in [-0.1, -0.05) is 20.8 Å². The van der Waals surface area contributed by atoms with Crippen LogP contribution in [0.3, 0.4) is 0 Å². The van der Waals surface area contributed by atoms with Gasteiger partial charge < -0.3 is 9.53 Å². The van der Waals surface area contributed by atoms with E-state index in [1.165, 1.54) is 0 Å². The van der Waals surface area contributed by atoms with Crippen molar-refractivity contribution in [2.45, 2.75) is 52.8 Å². The monoisotopic (exact) mass is 280 g/mol. The Morgan fingerprint density at radius 3 is 1.89 bits per heavy atom. The number of carboxylic acids is 1. The average molecular weight is 280 g/mol. The second-order valence-electron chi connectivity index (χ2n) is 6.61. The van der Waals surface area contributed by atoms with Crippen LogP contribution in [0, 0.1) is 13.8 Å². The zero-order valence-corrected chi connectivity index (χ0v) is 13.9.